The number of alkyl carbamates (subject to hydrolysis) is 2. The number of nitrogens with one attached hydrogen (secondary N) is 8. The van der Waals surface area contributed by atoms with E-state index in [2.05, 4.69) is 93.0 Å². The van der Waals surface area contributed by atoms with E-state index >= 15 is 0 Å². The summed E-state index contributed by atoms with van der Waals surface area (Å²) in [6.07, 6.45) is 0.831. The van der Waals surface area contributed by atoms with Gasteiger partial charge < -0.3 is 41.4 Å². The van der Waals surface area contributed by atoms with E-state index in [-0.39, 0.29) is 23.0 Å². The number of ether oxygens (including phenoxy) is 2. The summed E-state index contributed by atoms with van der Waals surface area (Å²) >= 11 is 16.3. The van der Waals surface area contributed by atoms with Crippen LogP contribution in [-0.4, -0.2) is 118 Å². The molecule has 0 aliphatic heterocycles. The van der Waals surface area contributed by atoms with E-state index in [0.29, 0.717) is 0 Å². The molecule has 0 saturated heterocycles. The Morgan fingerprint density at radius 3 is 1.02 bits per heavy atom. The van der Waals surface area contributed by atoms with Gasteiger partial charge in [0.1, 0.15) is 47.5 Å². The maximum Gasteiger partial charge on any atom is 0.408 e. The number of carbonyl (C=O) groups excluding carboxylic acids is 8. The van der Waals surface area contributed by atoms with Crippen molar-refractivity contribution in [3.8, 4) is 0 Å². The first-order chi connectivity index (χ1) is 24.0. The van der Waals surface area contributed by atoms with Crippen molar-refractivity contribution in [2.75, 3.05) is 23.0 Å². The number of imide groups is 2. The quantitative estimate of drug-likeness (QED) is 0.0759. The van der Waals surface area contributed by atoms with Crippen LogP contribution >= 0.6 is 50.5 Å². The van der Waals surface area contributed by atoms with Crippen molar-refractivity contribution in [3.05, 3.63) is 12.4 Å². The van der Waals surface area contributed by atoms with Crippen molar-refractivity contribution >= 4 is 98.1 Å². The second kappa shape index (κ2) is 23.2. The summed E-state index contributed by atoms with van der Waals surface area (Å²) in [5.74, 6) is -5.03. The van der Waals surface area contributed by atoms with E-state index in [1.807, 2.05) is 0 Å². The average molecular weight is 813 g/mol. The van der Waals surface area contributed by atoms with E-state index in [4.69, 9.17) is 9.47 Å². The van der Waals surface area contributed by atoms with Crippen LogP contribution in [0.1, 0.15) is 55.4 Å². The number of hydrogen-bond acceptors (Lipinski definition) is 16. The van der Waals surface area contributed by atoms with Gasteiger partial charge in [0, 0.05) is 35.4 Å². The Balaban J connectivity index is 5.01. The summed E-state index contributed by atoms with van der Waals surface area (Å²) in [5.41, 5.74) is -1.60. The first kappa shape index (κ1) is 48.5. The van der Waals surface area contributed by atoms with Crippen LogP contribution in [0.3, 0.4) is 0 Å². The van der Waals surface area contributed by atoms with Crippen LogP contribution in [0.5, 0.6) is 0 Å². The third kappa shape index (κ3) is 19.9. The molecule has 0 fully saturated rings. The molecule has 0 aromatic carbocycles. The highest BCUT2D eigenvalue weighted by atomic mass is 32.1. The van der Waals surface area contributed by atoms with E-state index in [1.54, 1.807) is 41.5 Å². The summed E-state index contributed by atoms with van der Waals surface area (Å²) in [7, 11) is 0. The lowest BCUT2D eigenvalue weighted by Gasteiger charge is -2.23. The fourth-order valence-electron chi connectivity index (χ4n) is 3.43. The SMILES string of the molecule is C[C@H](NC(=O)[C@H](CS)NC(=O)OC(C)(C)C)C(=O)NC(=O)[C@H](CS)N/C=C/N[C@@H](CS)C(=O)NC(=O)[C@H](C)NC(=O)[C@H](CS)NC(=O)OC(C)(C)C. The maximum absolute atomic E-state index is 12.7. The standard InChI is InChI=1S/C30H52N8O10S4/c1-15(33-25(43)19(13-51)35-27(45)47-29(3,4)5)21(39)37-23(41)17(11-49)31-9-10-32-18(12-50)24(42)38-22(40)16(2)34-26(44)20(14-52)36-28(46)48-30(6,7)8/h9-10,15-20,31-32,49-52H,11-14H2,1-8H3,(H,33,43)(H,34,44)(H,35,45)(H,36,46)(H,37,39,41)(H,38,40,42)/b10-9+/t15-,16-,17-,18-,19-,20-/m0/s1. The molecule has 296 valence electrons. The lowest BCUT2D eigenvalue weighted by molar-refractivity contribution is -0.135. The molecule has 22 heteroatoms. The second-order valence-corrected chi connectivity index (χ2v) is 14.5. The lowest BCUT2D eigenvalue weighted by atomic mass is 10.2. The van der Waals surface area contributed by atoms with Crippen molar-refractivity contribution in [3.63, 3.8) is 0 Å². The van der Waals surface area contributed by atoms with Gasteiger partial charge in [0.2, 0.25) is 35.4 Å². The Morgan fingerprint density at radius 1 is 0.481 bits per heavy atom. The molecule has 0 radical (unpaired) electrons. The Labute approximate surface area is 325 Å². The molecule has 0 heterocycles. The monoisotopic (exact) mass is 812 g/mol. The molecule has 0 aliphatic rings. The van der Waals surface area contributed by atoms with Gasteiger partial charge >= 0.3 is 12.2 Å². The van der Waals surface area contributed by atoms with Crippen LogP contribution in [0.15, 0.2) is 12.4 Å². The molecule has 0 saturated carbocycles. The molecule has 6 atom stereocenters. The first-order valence-corrected chi connectivity index (χ1v) is 18.4. The minimum absolute atomic E-state index is 0.0678. The number of rotatable bonds is 18. The van der Waals surface area contributed by atoms with Crippen LogP contribution in [0.25, 0.3) is 0 Å². The van der Waals surface area contributed by atoms with Gasteiger partial charge in [-0.1, -0.05) is 0 Å². The van der Waals surface area contributed by atoms with Crippen LogP contribution in [0.2, 0.25) is 0 Å². The third-order valence-electron chi connectivity index (χ3n) is 6.05. The normalized spacial score (nSPS) is 14.9. The van der Waals surface area contributed by atoms with E-state index < -0.39 is 95.1 Å². The molecule has 52 heavy (non-hydrogen) atoms. The second-order valence-electron chi connectivity index (χ2n) is 13.1. The third-order valence-corrected chi connectivity index (χ3v) is 7.51. The highest BCUT2D eigenvalue weighted by molar-refractivity contribution is 7.80. The van der Waals surface area contributed by atoms with Crippen molar-refractivity contribution in [2.24, 2.45) is 0 Å². The van der Waals surface area contributed by atoms with Crippen LogP contribution in [-0.2, 0) is 38.2 Å². The molecule has 0 spiro atoms. The molecule has 8 N–H and O–H groups in total. The van der Waals surface area contributed by atoms with Gasteiger partial charge in [0.25, 0.3) is 0 Å². The average Bonchev–Trinajstić information content (AvgIpc) is 3.01. The Hall–Kier alpha value is -3.50. The van der Waals surface area contributed by atoms with E-state index in [0.717, 1.165) is 0 Å². The molecule has 0 unspecified atom stereocenters. The Kier molecular flexibility index (Phi) is 21.7. The van der Waals surface area contributed by atoms with E-state index in [9.17, 15) is 38.4 Å². The highest BCUT2D eigenvalue weighted by Gasteiger charge is 2.29. The zero-order valence-electron chi connectivity index (χ0n) is 30.3. The molecule has 0 aromatic heterocycles. The van der Waals surface area contributed by atoms with Gasteiger partial charge in [-0.15, -0.1) is 0 Å². The highest BCUT2D eigenvalue weighted by Crippen LogP contribution is 2.08. The van der Waals surface area contributed by atoms with Crippen LogP contribution < -0.4 is 42.5 Å². The van der Waals surface area contributed by atoms with Crippen LogP contribution in [0, 0.1) is 0 Å². The van der Waals surface area contributed by atoms with Gasteiger partial charge in [-0.3, -0.25) is 39.4 Å². The maximum atomic E-state index is 12.7. The molecule has 0 aliphatic carbocycles. The van der Waals surface area contributed by atoms with Gasteiger partial charge in [-0.05, 0) is 55.4 Å². The predicted molar refractivity (Wildman–Crippen MR) is 206 cm³/mol. The number of hydrogen-bond donors (Lipinski definition) is 12. The molecule has 8 amide bonds. The fraction of sp³-hybridized carbons (Fsp3) is 0.667. The number of thiol groups is 4. The molecular formula is C30H52N8O10S4. The largest absolute Gasteiger partial charge is 0.444 e. The molecule has 0 rings (SSSR count). The first-order valence-electron chi connectivity index (χ1n) is 15.9. The molecule has 0 bridgehead atoms. The van der Waals surface area contributed by atoms with Crippen LogP contribution in [0.4, 0.5) is 9.59 Å². The molecule has 0 aromatic rings. The smallest absolute Gasteiger partial charge is 0.408 e. The summed E-state index contributed by atoms with van der Waals surface area (Å²) in [6, 6.07) is -6.66. The van der Waals surface area contributed by atoms with Gasteiger partial charge in [-0.25, -0.2) is 9.59 Å². The summed E-state index contributed by atoms with van der Waals surface area (Å²) in [5, 5.41) is 19.2. The van der Waals surface area contributed by atoms with Crippen molar-refractivity contribution < 1.29 is 47.8 Å². The fourth-order valence-corrected chi connectivity index (χ4v) is 4.49. The zero-order chi connectivity index (χ0) is 40.4. The zero-order valence-corrected chi connectivity index (χ0v) is 33.9. The predicted octanol–water partition coefficient (Wildman–Crippen LogP) is -0.825. The molecular weight excluding hydrogens is 761 g/mol. The summed E-state index contributed by atoms with van der Waals surface area (Å²) in [4.78, 5) is 99.8. The minimum atomic E-state index is -1.18. The Morgan fingerprint density at radius 2 is 0.769 bits per heavy atom. The topological polar surface area (TPSA) is 251 Å². The number of amides is 8. The lowest BCUT2D eigenvalue weighted by Crippen LogP contribution is -2.56. The van der Waals surface area contributed by atoms with Gasteiger partial charge in [-0.2, -0.15) is 50.5 Å². The van der Waals surface area contributed by atoms with Crippen molar-refractivity contribution in [1.82, 2.24) is 42.5 Å². The number of carbonyl (C=O) groups is 8. The van der Waals surface area contributed by atoms with Crippen molar-refractivity contribution in [2.45, 2.75) is 103 Å². The summed E-state index contributed by atoms with van der Waals surface area (Å²) in [6.45, 7) is 12.6. The van der Waals surface area contributed by atoms with Crippen molar-refractivity contribution in [1.29, 1.82) is 0 Å². The van der Waals surface area contributed by atoms with E-state index in [1.165, 1.54) is 26.2 Å². The molecule has 18 nitrogen and oxygen atoms in total. The van der Waals surface area contributed by atoms with Gasteiger partial charge in [0.05, 0.1) is 0 Å². The van der Waals surface area contributed by atoms with Gasteiger partial charge in [0.15, 0.2) is 0 Å². The Bertz CT molecular complexity index is 1210. The summed E-state index contributed by atoms with van der Waals surface area (Å²) < 4.78 is 10.2. The minimum Gasteiger partial charge on any atom is -0.444 e.